The molecule has 5 nitrogen and oxygen atoms in total. The fourth-order valence-electron chi connectivity index (χ4n) is 2.80. The Kier molecular flexibility index (Phi) is 10.4. The van der Waals surface area contributed by atoms with Crippen molar-refractivity contribution in [3.63, 3.8) is 0 Å². The third kappa shape index (κ3) is 7.65. The van der Waals surface area contributed by atoms with Gasteiger partial charge < -0.3 is 20.1 Å². The summed E-state index contributed by atoms with van der Waals surface area (Å²) < 4.78 is 11.0. The van der Waals surface area contributed by atoms with E-state index in [2.05, 4.69) is 15.6 Å². The summed E-state index contributed by atoms with van der Waals surface area (Å²) in [6, 6.07) is 0.611. The average Bonchev–Trinajstić information content (AvgIpc) is 3.14. The molecule has 2 fully saturated rings. The molecule has 1 aliphatic carbocycles. The topological polar surface area (TPSA) is 54.9 Å². The lowest BCUT2D eigenvalue weighted by Crippen LogP contribution is -2.42. The summed E-state index contributed by atoms with van der Waals surface area (Å²) in [6.45, 7) is 4.33. The highest BCUT2D eigenvalue weighted by Crippen LogP contribution is 2.17. The van der Waals surface area contributed by atoms with E-state index >= 15 is 0 Å². The van der Waals surface area contributed by atoms with Crippen LogP contribution in [0.3, 0.4) is 0 Å². The number of aliphatic imine (C=N–C) groups is 1. The third-order valence-electron chi connectivity index (χ3n) is 4.06. The quantitative estimate of drug-likeness (QED) is 0.292. The van der Waals surface area contributed by atoms with E-state index in [9.17, 15) is 0 Å². The molecule has 0 aromatic heterocycles. The van der Waals surface area contributed by atoms with Crippen LogP contribution in [0.2, 0.25) is 0 Å². The summed E-state index contributed by atoms with van der Waals surface area (Å²) >= 11 is 0. The van der Waals surface area contributed by atoms with Crippen molar-refractivity contribution in [3.05, 3.63) is 0 Å². The third-order valence-corrected chi connectivity index (χ3v) is 4.06. The molecule has 6 heteroatoms. The molecule has 0 radical (unpaired) electrons. The lowest BCUT2D eigenvalue weighted by molar-refractivity contribution is 0.0888. The summed E-state index contributed by atoms with van der Waals surface area (Å²) in [7, 11) is 1.83. The maximum absolute atomic E-state index is 5.69. The summed E-state index contributed by atoms with van der Waals surface area (Å²) in [5, 5.41) is 6.84. The minimum absolute atomic E-state index is 0. The standard InChI is InChI=1S/C15H29N3O2.HI/c1-16-15(18-14-5-2-3-6-14)17-8-4-9-19-11-13-7-10-20-12-13;/h13-14H,2-12H2,1H3,(H2,16,17,18);1H. The molecule has 2 N–H and O–H groups in total. The SMILES string of the molecule is CN=C(NCCCOCC1CCOC1)NC1CCCC1.I. The van der Waals surface area contributed by atoms with Crippen molar-refractivity contribution < 1.29 is 9.47 Å². The first kappa shape index (κ1) is 19.0. The summed E-state index contributed by atoms with van der Waals surface area (Å²) in [4.78, 5) is 4.27. The van der Waals surface area contributed by atoms with E-state index in [1.165, 1.54) is 25.7 Å². The molecule has 1 saturated heterocycles. The van der Waals surface area contributed by atoms with Gasteiger partial charge >= 0.3 is 0 Å². The van der Waals surface area contributed by atoms with Crippen molar-refractivity contribution in [3.8, 4) is 0 Å². The molecule has 0 spiro atoms. The zero-order chi connectivity index (χ0) is 14.0. The van der Waals surface area contributed by atoms with Gasteiger partial charge in [0.15, 0.2) is 5.96 Å². The van der Waals surface area contributed by atoms with Crippen molar-refractivity contribution in [2.75, 3.05) is 40.0 Å². The average molecular weight is 411 g/mol. The first-order valence-electron chi connectivity index (χ1n) is 8.01. The second-order valence-electron chi connectivity index (χ2n) is 5.78. The molecule has 1 atom stereocenters. The second-order valence-corrected chi connectivity index (χ2v) is 5.78. The summed E-state index contributed by atoms with van der Waals surface area (Å²) in [5.74, 6) is 1.54. The van der Waals surface area contributed by atoms with Gasteiger partial charge in [0.2, 0.25) is 0 Å². The molecule has 124 valence electrons. The highest BCUT2D eigenvalue weighted by Gasteiger charge is 2.16. The second kappa shape index (κ2) is 11.5. The molecule has 1 heterocycles. The zero-order valence-corrected chi connectivity index (χ0v) is 15.4. The number of hydrogen-bond acceptors (Lipinski definition) is 3. The van der Waals surface area contributed by atoms with Crippen molar-refractivity contribution in [2.24, 2.45) is 10.9 Å². The predicted octanol–water partition coefficient (Wildman–Crippen LogP) is 2.16. The van der Waals surface area contributed by atoms with Crippen molar-refractivity contribution in [2.45, 2.75) is 44.6 Å². The maximum atomic E-state index is 5.69. The Balaban J connectivity index is 0.00000220. The molecule has 0 bridgehead atoms. The smallest absolute Gasteiger partial charge is 0.191 e. The minimum atomic E-state index is 0. The maximum Gasteiger partial charge on any atom is 0.191 e. The molecular weight excluding hydrogens is 381 g/mol. The van der Waals surface area contributed by atoms with Crippen LogP contribution in [0.1, 0.15) is 38.5 Å². The van der Waals surface area contributed by atoms with E-state index in [0.717, 1.165) is 51.8 Å². The van der Waals surface area contributed by atoms with Crippen LogP contribution in [0.4, 0.5) is 0 Å². The molecular formula is C15H30IN3O2. The fraction of sp³-hybridized carbons (Fsp3) is 0.933. The molecule has 1 aliphatic heterocycles. The summed E-state index contributed by atoms with van der Waals surface area (Å²) in [5.41, 5.74) is 0. The van der Waals surface area contributed by atoms with Gasteiger partial charge in [-0.05, 0) is 25.7 Å². The lowest BCUT2D eigenvalue weighted by atomic mass is 10.1. The van der Waals surface area contributed by atoms with Crippen LogP contribution < -0.4 is 10.6 Å². The van der Waals surface area contributed by atoms with Crippen LogP contribution in [0, 0.1) is 5.92 Å². The van der Waals surface area contributed by atoms with Crippen LogP contribution in [0.25, 0.3) is 0 Å². The predicted molar refractivity (Wildman–Crippen MR) is 96.5 cm³/mol. The number of rotatable bonds is 7. The van der Waals surface area contributed by atoms with Gasteiger partial charge in [-0.15, -0.1) is 24.0 Å². The lowest BCUT2D eigenvalue weighted by Gasteiger charge is -2.16. The van der Waals surface area contributed by atoms with Gasteiger partial charge in [-0.3, -0.25) is 4.99 Å². The molecule has 0 aromatic rings. The van der Waals surface area contributed by atoms with Crippen LogP contribution >= 0.6 is 24.0 Å². The molecule has 0 amide bonds. The van der Waals surface area contributed by atoms with Gasteiger partial charge in [-0.2, -0.15) is 0 Å². The molecule has 1 saturated carbocycles. The van der Waals surface area contributed by atoms with E-state index in [1.807, 2.05) is 7.05 Å². The van der Waals surface area contributed by atoms with Gasteiger partial charge in [0, 0.05) is 38.8 Å². The van der Waals surface area contributed by atoms with E-state index in [4.69, 9.17) is 9.47 Å². The molecule has 2 rings (SSSR count). The van der Waals surface area contributed by atoms with Gasteiger partial charge in [0.25, 0.3) is 0 Å². The van der Waals surface area contributed by atoms with Crippen LogP contribution in [-0.2, 0) is 9.47 Å². The van der Waals surface area contributed by atoms with Crippen molar-refractivity contribution in [1.82, 2.24) is 10.6 Å². The molecule has 2 aliphatic rings. The number of nitrogens with zero attached hydrogens (tertiary/aromatic N) is 1. The first-order valence-corrected chi connectivity index (χ1v) is 8.01. The Labute approximate surface area is 145 Å². The van der Waals surface area contributed by atoms with E-state index in [-0.39, 0.29) is 24.0 Å². The van der Waals surface area contributed by atoms with Crippen molar-refractivity contribution in [1.29, 1.82) is 0 Å². The van der Waals surface area contributed by atoms with Crippen LogP contribution in [0.15, 0.2) is 4.99 Å². The zero-order valence-electron chi connectivity index (χ0n) is 13.1. The molecule has 21 heavy (non-hydrogen) atoms. The number of ether oxygens (including phenoxy) is 2. The van der Waals surface area contributed by atoms with E-state index < -0.39 is 0 Å². The first-order chi connectivity index (χ1) is 9.88. The Morgan fingerprint density at radius 1 is 1.29 bits per heavy atom. The van der Waals surface area contributed by atoms with E-state index in [1.54, 1.807) is 0 Å². The van der Waals surface area contributed by atoms with Crippen molar-refractivity contribution >= 4 is 29.9 Å². The highest BCUT2D eigenvalue weighted by molar-refractivity contribution is 14.0. The Morgan fingerprint density at radius 3 is 2.76 bits per heavy atom. The largest absolute Gasteiger partial charge is 0.381 e. The van der Waals surface area contributed by atoms with E-state index in [0.29, 0.717) is 12.0 Å². The monoisotopic (exact) mass is 411 g/mol. The molecule has 0 aromatic carbocycles. The van der Waals surface area contributed by atoms with Gasteiger partial charge in [0.1, 0.15) is 0 Å². The fourth-order valence-corrected chi connectivity index (χ4v) is 2.80. The van der Waals surface area contributed by atoms with Crippen LogP contribution in [0.5, 0.6) is 0 Å². The number of hydrogen-bond donors (Lipinski definition) is 2. The Morgan fingerprint density at radius 2 is 2.10 bits per heavy atom. The van der Waals surface area contributed by atoms with Gasteiger partial charge in [0.05, 0.1) is 13.2 Å². The number of nitrogens with one attached hydrogen (secondary N) is 2. The van der Waals surface area contributed by atoms with Gasteiger partial charge in [-0.25, -0.2) is 0 Å². The molecule has 1 unspecified atom stereocenters. The highest BCUT2D eigenvalue weighted by atomic mass is 127. The Bertz CT molecular complexity index is 291. The summed E-state index contributed by atoms with van der Waals surface area (Å²) in [6.07, 6.45) is 7.39. The minimum Gasteiger partial charge on any atom is -0.381 e. The number of halogens is 1. The normalized spacial score (nSPS) is 23.1. The van der Waals surface area contributed by atoms with Crippen LogP contribution in [-0.4, -0.2) is 52.0 Å². The number of guanidine groups is 1. The van der Waals surface area contributed by atoms with Gasteiger partial charge in [-0.1, -0.05) is 12.8 Å². The Hall–Kier alpha value is -0.0800.